The van der Waals surface area contributed by atoms with E-state index in [4.69, 9.17) is 4.98 Å². The molecule has 0 spiro atoms. The van der Waals surface area contributed by atoms with E-state index in [1.807, 2.05) is 22.8 Å². The Kier molecular flexibility index (Phi) is 3.79. The molecule has 0 unspecified atom stereocenters. The van der Waals surface area contributed by atoms with Crippen LogP contribution in [0.3, 0.4) is 0 Å². The van der Waals surface area contributed by atoms with Crippen LogP contribution in [0.5, 0.6) is 0 Å². The minimum atomic E-state index is -0.243. The van der Waals surface area contributed by atoms with Gasteiger partial charge in [-0.05, 0) is 62.2 Å². The van der Waals surface area contributed by atoms with Crippen molar-refractivity contribution in [3.63, 3.8) is 0 Å². The molecule has 0 radical (unpaired) electrons. The molecule has 23 heavy (non-hydrogen) atoms. The Bertz CT molecular complexity index is 821. The molecule has 0 amide bonds. The molecule has 3 heterocycles. The van der Waals surface area contributed by atoms with Gasteiger partial charge in [0, 0.05) is 12.6 Å². The van der Waals surface area contributed by atoms with Crippen molar-refractivity contribution in [3.8, 4) is 5.69 Å². The van der Waals surface area contributed by atoms with Crippen LogP contribution in [0.2, 0.25) is 0 Å². The van der Waals surface area contributed by atoms with Gasteiger partial charge in [-0.1, -0.05) is 6.07 Å². The highest BCUT2D eigenvalue weighted by molar-refractivity contribution is 5.73. The number of nitrogens with zero attached hydrogens (tertiary/aromatic N) is 3. The van der Waals surface area contributed by atoms with E-state index in [1.54, 1.807) is 18.3 Å². The van der Waals surface area contributed by atoms with Crippen LogP contribution in [0.4, 0.5) is 4.39 Å². The average Bonchev–Trinajstić information content (AvgIpc) is 2.93. The number of halogens is 1. The maximum atomic E-state index is 13.7. The summed E-state index contributed by atoms with van der Waals surface area (Å²) in [7, 11) is 0. The Morgan fingerprint density at radius 3 is 2.87 bits per heavy atom. The highest BCUT2D eigenvalue weighted by Crippen LogP contribution is 2.24. The molecule has 5 heteroatoms. The number of imidazole rings is 1. The number of aromatic nitrogens is 3. The zero-order valence-corrected chi connectivity index (χ0v) is 12.9. The molecule has 4 nitrogen and oxygen atoms in total. The van der Waals surface area contributed by atoms with Crippen LogP contribution in [0.25, 0.3) is 16.9 Å². The van der Waals surface area contributed by atoms with Gasteiger partial charge < -0.3 is 5.32 Å². The molecule has 0 aliphatic carbocycles. The molecular formula is C18H19FN4. The third-order valence-electron chi connectivity index (χ3n) is 4.48. The van der Waals surface area contributed by atoms with Crippen molar-refractivity contribution >= 4 is 11.2 Å². The van der Waals surface area contributed by atoms with Crippen molar-refractivity contribution in [2.75, 3.05) is 13.1 Å². The molecular weight excluding hydrogens is 291 g/mol. The van der Waals surface area contributed by atoms with Gasteiger partial charge in [0.1, 0.15) is 17.2 Å². The molecule has 0 saturated carbocycles. The average molecular weight is 310 g/mol. The molecule has 2 aromatic heterocycles. The largest absolute Gasteiger partial charge is 0.317 e. The summed E-state index contributed by atoms with van der Waals surface area (Å²) in [5.74, 6) is 1.34. The fraction of sp³-hybridized carbons (Fsp3) is 0.333. The molecule has 1 N–H and O–H groups in total. The monoisotopic (exact) mass is 310 g/mol. The predicted molar refractivity (Wildman–Crippen MR) is 88.1 cm³/mol. The van der Waals surface area contributed by atoms with Gasteiger partial charge in [-0.15, -0.1) is 0 Å². The quantitative estimate of drug-likeness (QED) is 0.808. The van der Waals surface area contributed by atoms with Crippen molar-refractivity contribution in [2.24, 2.45) is 5.92 Å². The van der Waals surface area contributed by atoms with Crippen LogP contribution in [0, 0.1) is 11.7 Å². The fourth-order valence-corrected chi connectivity index (χ4v) is 3.33. The van der Waals surface area contributed by atoms with Crippen molar-refractivity contribution < 1.29 is 4.39 Å². The van der Waals surface area contributed by atoms with E-state index in [-0.39, 0.29) is 5.82 Å². The summed E-state index contributed by atoms with van der Waals surface area (Å²) in [6.45, 7) is 2.12. The third kappa shape index (κ3) is 2.84. The van der Waals surface area contributed by atoms with Crippen molar-refractivity contribution in [2.45, 2.75) is 19.3 Å². The van der Waals surface area contributed by atoms with E-state index in [0.717, 1.165) is 55.0 Å². The second kappa shape index (κ2) is 6.08. The lowest BCUT2D eigenvalue weighted by Gasteiger charge is -2.22. The molecule has 4 rings (SSSR count). The van der Waals surface area contributed by atoms with E-state index in [2.05, 4.69) is 10.3 Å². The topological polar surface area (TPSA) is 42.7 Å². The Hall–Kier alpha value is -2.27. The number of rotatable bonds is 3. The SMILES string of the molecule is Fc1cccc(-n2c(CC3CCNCC3)nc3cccnc32)c1. The maximum Gasteiger partial charge on any atom is 0.164 e. The molecule has 1 saturated heterocycles. The van der Waals surface area contributed by atoms with Gasteiger partial charge >= 0.3 is 0 Å². The first kappa shape index (κ1) is 14.3. The molecule has 1 aromatic carbocycles. The van der Waals surface area contributed by atoms with Gasteiger partial charge in [0.25, 0.3) is 0 Å². The summed E-state index contributed by atoms with van der Waals surface area (Å²) in [6, 6.07) is 10.5. The lowest BCUT2D eigenvalue weighted by molar-refractivity contribution is 0.366. The normalized spacial score (nSPS) is 16.0. The van der Waals surface area contributed by atoms with Gasteiger partial charge in [-0.3, -0.25) is 4.57 Å². The number of nitrogens with one attached hydrogen (secondary N) is 1. The smallest absolute Gasteiger partial charge is 0.164 e. The first-order valence-electron chi connectivity index (χ1n) is 8.10. The number of hydrogen-bond donors (Lipinski definition) is 1. The summed E-state index contributed by atoms with van der Waals surface area (Å²) in [6.07, 6.45) is 4.96. The van der Waals surface area contributed by atoms with E-state index in [9.17, 15) is 4.39 Å². The van der Waals surface area contributed by atoms with E-state index in [0.29, 0.717) is 5.92 Å². The van der Waals surface area contributed by atoms with Gasteiger partial charge in [0.15, 0.2) is 5.65 Å². The lowest BCUT2D eigenvalue weighted by atomic mass is 9.94. The van der Waals surface area contributed by atoms with Crippen molar-refractivity contribution in [1.82, 2.24) is 19.9 Å². The van der Waals surface area contributed by atoms with Gasteiger partial charge in [0.05, 0.1) is 5.69 Å². The van der Waals surface area contributed by atoms with Crippen molar-refractivity contribution in [3.05, 3.63) is 54.2 Å². The number of pyridine rings is 1. The summed E-state index contributed by atoms with van der Waals surface area (Å²) in [5.41, 5.74) is 2.44. The van der Waals surface area contributed by atoms with Crippen molar-refractivity contribution in [1.29, 1.82) is 0 Å². The number of benzene rings is 1. The first-order valence-corrected chi connectivity index (χ1v) is 8.10. The summed E-state index contributed by atoms with van der Waals surface area (Å²) < 4.78 is 15.7. The van der Waals surface area contributed by atoms with Crippen LogP contribution in [-0.4, -0.2) is 27.6 Å². The van der Waals surface area contributed by atoms with Gasteiger partial charge in [0.2, 0.25) is 0 Å². The molecule has 1 aliphatic rings. The second-order valence-corrected chi connectivity index (χ2v) is 6.09. The molecule has 0 atom stereocenters. The highest BCUT2D eigenvalue weighted by atomic mass is 19.1. The summed E-state index contributed by atoms with van der Waals surface area (Å²) in [4.78, 5) is 9.24. The zero-order chi connectivity index (χ0) is 15.6. The fourth-order valence-electron chi connectivity index (χ4n) is 3.33. The Morgan fingerprint density at radius 2 is 2.04 bits per heavy atom. The summed E-state index contributed by atoms with van der Waals surface area (Å²) >= 11 is 0. The minimum Gasteiger partial charge on any atom is -0.317 e. The van der Waals surface area contributed by atoms with Gasteiger partial charge in [-0.2, -0.15) is 0 Å². The molecule has 118 valence electrons. The molecule has 3 aromatic rings. The minimum absolute atomic E-state index is 0.243. The van der Waals surface area contributed by atoms with E-state index >= 15 is 0 Å². The first-order chi connectivity index (χ1) is 11.3. The highest BCUT2D eigenvalue weighted by Gasteiger charge is 2.19. The zero-order valence-electron chi connectivity index (χ0n) is 12.9. The summed E-state index contributed by atoms with van der Waals surface area (Å²) in [5, 5.41) is 3.39. The molecule has 1 fully saturated rings. The number of fused-ring (bicyclic) bond motifs is 1. The third-order valence-corrected chi connectivity index (χ3v) is 4.48. The maximum absolute atomic E-state index is 13.7. The number of piperidine rings is 1. The van der Waals surface area contributed by atoms with Crippen LogP contribution >= 0.6 is 0 Å². The van der Waals surface area contributed by atoms with Crippen LogP contribution in [-0.2, 0) is 6.42 Å². The van der Waals surface area contributed by atoms with E-state index < -0.39 is 0 Å². The van der Waals surface area contributed by atoms with E-state index in [1.165, 1.54) is 6.07 Å². The number of hydrogen-bond acceptors (Lipinski definition) is 3. The van der Waals surface area contributed by atoms with Crippen LogP contribution in [0.15, 0.2) is 42.6 Å². The second-order valence-electron chi connectivity index (χ2n) is 6.09. The molecule has 0 bridgehead atoms. The standard InChI is InChI=1S/C18H19FN4/c19-14-3-1-4-15(12-14)23-17(11-13-6-9-20-10-7-13)22-16-5-2-8-21-18(16)23/h1-5,8,12-13,20H,6-7,9-11H2. The molecule has 1 aliphatic heterocycles. The predicted octanol–water partition coefficient (Wildman–Crippen LogP) is 3.10. The Labute approximate surface area is 134 Å². The Balaban J connectivity index is 1.81. The van der Waals surface area contributed by atoms with Crippen LogP contribution in [0.1, 0.15) is 18.7 Å². The lowest BCUT2D eigenvalue weighted by Crippen LogP contribution is -2.29. The van der Waals surface area contributed by atoms with Crippen LogP contribution < -0.4 is 5.32 Å². The Morgan fingerprint density at radius 1 is 1.17 bits per heavy atom. The van der Waals surface area contributed by atoms with Gasteiger partial charge in [-0.25, -0.2) is 14.4 Å².